The minimum absolute atomic E-state index is 0.00503. The molecule has 1 saturated carbocycles. The molecular formula is C36H41N5O9S. The average Bonchev–Trinajstić information content (AvgIpc) is 3.64. The fraction of sp³-hybridized carbons (Fsp3) is 0.417. The molecule has 6 rings (SSSR count). The quantitative estimate of drug-likeness (QED) is 0.221. The van der Waals surface area contributed by atoms with Gasteiger partial charge in [-0.15, -0.1) is 5.10 Å². The number of hydrogen-bond acceptors (Lipinski definition) is 12. The number of carbonyl (C=O) groups excluding carboxylic acids is 3. The van der Waals surface area contributed by atoms with E-state index in [1.165, 1.54) is 33.4 Å². The van der Waals surface area contributed by atoms with Gasteiger partial charge in [0.15, 0.2) is 27.2 Å². The van der Waals surface area contributed by atoms with Crippen molar-refractivity contribution in [1.82, 2.24) is 14.8 Å². The van der Waals surface area contributed by atoms with E-state index in [2.05, 4.69) is 15.4 Å². The van der Waals surface area contributed by atoms with Gasteiger partial charge >= 0.3 is 12.2 Å². The van der Waals surface area contributed by atoms with Crippen molar-refractivity contribution in [3.8, 4) is 11.5 Å². The maximum atomic E-state index is 14.3. The average molecular weight is 720 g/mol. The molecule has 0 radical (unpaired) electrons. The van der Waals surface area contributed by atoms with Gasteiger partial charge in [0.05, 0.1) is 41.5 Å². The largest absolute Gasteiger partial charge is 0.497 e. The molecule has 2 atom stereocenters. The molecule has 0 saturated heterocycles. The molecule has 0 bridgehead atoms. The molecule has 0 unspecified atom stereocenters. The number of ether oxygens (including phenoxy) is 4. The fourth-order valence-electron chi connectivity index (χ4n) is 6.32. The van der Waals surface area contributed by atoms with Crippen LogP contribution in [0.4, 0.5) is 26.9 Å². The summed E-state index contributed by atoms with van der Waals surface area (Å²) in [6.45, 7) is 12.0. The molecule has 1 N–H and O–H groups in total. The molecule has 1 spiro atoms. The molecular weight excluding hydrogens is 678 g/mol. The zero-order chi connectivity index (χ0) is 37.3. The van der Waals surface area contributed by atoms with Crippen LogP contribution in [0.2, 0.25) is 0 Å². The first-order chi connectivity index (χ1) is 23.8. The van der Waals surface area contributed by atoms with Crippen LogP contribution in [-0.2, 0) is 29.5 Å². The van der Waals surface area contributed by atoms with Crippen molar-refractivity contribution in [3.05, 3.63) is 59.8 Å². The van der Waals surface area contributed by atoms with Crippen molar-refractivity contribution in [2.75, 3.05) is 30.2 Å². The summed E-state index contributed by atoms with van der Waals surface area (Å²) in [4.78, 5) is 46.6. The first-order valence-electron chi connectivity index (χ1n) is 16.4. The smallest absolute Gasteiger partial charge is 0.435 e. The van der Waals surface area contributed by atoms with Crippen molar-refractivity contribution in [1.29, 1.82) is 0 Å². The number of aromatic nitrogens is 3. The Morgan fingerprint density at radius 2 is 1.63 bits per heavy atom. The van der Waals surface area contributed by atoms with Crippen LogP contribution >= 0.6 is 0 Å². The summed E-state index contributed by atoms with van der Waals surface area (Å²) >= 11 is 0. The zero-order valence-corrected chi connectivity index (χ0v) is 30.8. The van der Waals surface area contributed by atoms with Crippen LogP contribution in [0.25, 0.3) is 10.9 Å². The molecule has 2 aromatic heterocycles. The molecule has 2 amide bonds. The minimum atomic E-state index is -3.55. The lowest BCUT2D eigenvalue weighted by Gasteiger charge is -2.24. The Morgan fingerprint density at radius 1 is 0.941 bits per heavy atom. The molecule has 15 heteroatoms. The van der Waals surface area contributed by atoms with Crippen LogP contribution in [0.15, 0.2) is 53.6 Å². The van der Waals surface area contributed by atoms with Crippen molar-refractivity contribution >= 4 is 56.2 Å². The number of imide groups is 1. The van der Waals surface area contributed by atoms with Gasteiger partial charge in [0.2, 0.25) is 5.91 Å². The predicted octanol–water partition coefficient (Wildman–Crippen LogP) is 6.48. The highest BCUT2D eigenvalue weighted by molar-refractivity contribution is 7.91. The number of benzene rings is 2. The fourth-order valence-corrected chi connectivity index (χ4v) is 7.15. The number of sulfone groups is 1. The Balaban J connectivity index is 1.43. The van der Waals surface area contributed by atoms with E-state index in [1.807, 2.05) is 6.07 Å². The first kappa shape index (κ1) is 35.6. The number of fused-ring (bicyclic) bond motifs is 3. The van der Waals surface area contributed by atoms with Gasteiger partial charge in [-0.1, -0.05) is 13.0 Å². The van der Waals surface area contributed by atoms with Gasteiger partial charge in [-0.25, -0.2) is 27.9 Å². The summed E-state index contributed by atoms with van der Waals surface area (Å²) in [5, 5.41) is 8.15. The number of hydrogen-bond donors (Lipinski definition) is 1. The molecule has 2 aliphatic rings. The van der Waals surface area contributed by atoms with E-state index in [9.17, 15) is 22.8 Å². The molecule has 3 heterocycles. The number of nitrogens with zero attached hydrogens (tertiary/aromatic N) is 4. The highest BCUT2D eigenvalue weighted by atomic mass is 32.2. The SMILES string of the molecule is CCS(=O)(=O)c1cnc(Nc2nn(C(=O)OC(C)(C)C)c3cc([C@@H]4C[C@@]45C(=O)N(C(=O)OC(C)(C)C)c4ccc(OC)cc45)ccc23)c(OC)c1. The third-order valence-electron chi connectivity index (χ3n) is 8.74. The van der Waals surface area contributed by atoms with Gasteiger partial charge in [0.25, 0.3) is 0 Å². The Bertz CT molecular complexity index is 2200. The first-order valence-corrected chi connectivity index (χ1v) is 18.0. The van der Waals surface area contributed by atoms with E-state index < -0.39 is 44.5 Å². The summed E-state index contributed by atoms with van der Waals surface area (Å²) in [6.07, 6.45) is 0.125. The number of anilines is 3. The van der Waals surface area contributed by atoms with Crippen molar-refractivity contribution in [2.45, 2.75) is 82.3 Å². The number of rotatable bonds is 7. The topological polar surface area (TPSA) is 168 Å². The number of carbonyl (C=O) groups is 3. The second-order valence-corrected chi connectivity index (χ2v) is 16.8. The van der Waals surface area contributed by atoms with Crippen molar-refractivity contribution in [2.24, 2.45) is 0 Å². The third-order valence-corrected chi connectivity index (χ3v) is 10.4. The highest BCUT2D eigenvalue weighted by Crippen LogP contribution is 2.67. The van der Waals surface area contributed by atoms with E-state index in [4.69, 9.17) is 18.9 Å². The molecule has 1 aliphatic heterocycles. The summed E-state index contributed by atoms with van der Waals surface area (Å²) in [5.41, 5.74) is -0.525. The number of pyridine rings is 1. The van der Waals surface area contributed by atoms with Crippen LogP contribution in [0.5, 0.6) is 11.5 Å². The lowest BCUT2D eigenvalue weighted by atomic mass is 9.91. The maximum Gasteiger partial charge on any atom is 0.435 e. The molecule has 14 nitrogen and oxygen atoms in total. The Labute approximate surface area is 295 Å². The second kappa shape index (κ2) is 12.2. The molecule has 4 aromatic rings. The highest BCUT2D eigenvalue weighted by Gasteiger charge is 2.68. The monoisotopic (exact) mass is 719 g/mol. The van der Waals surface area contributed by atoms with Gasteiger partial charge in [-0.2, -0.15) is 4.68 Å². The summed E-state index contributed by atoms with van der Waals surface area (Å²) in [7, 11) is -0.627. The minimum Gasteiger partial charge on any atom is -0.497 e. The normalized spacial score (nSPS) is 18.5. The summed E-state index contributed by atoms with van der Waals surface area (Å²) < 4.78 is 48.3. The standard InChI is InChI=1S/C36H41N5O9S/c1-10-51(45,46)22-17-28(48-9)30(37-19-22)38-29-23-13-11-20(15-27(23)41(39-29)33(44)50-35(5,6)7)25-18-36(25)24-16-21(47-8)12-14-26(24)40(31(36)42)32(43)49-34(2,3)4/h11-17,19,25H,10,18H2,1-9H3,(H,37,38,39)/t25-,36-/m0/s1. The van der Waals surface area contributed by atoms with Crippen molar-refractivity contribution < 1.29 is 41.7 Å². The van der Waals surface area contributed by atoms with Crippen LogP contribution in [0, 0.1) is 0 Å². The molecule has 51 heavy (non-hydrogen) atoms. The van der Waals surface area contributed by atoms with E-state index in [1.54, 1.807) is 71.9 Å². The van der Waals surface area contributed by atoms with Gasteiger partial charge in [-0.05, 0) is 89.4 Å². The number of nitrogens with one attached hydrogen (secondary N) is 1. The Morgan fingerprint density at radius 3 is 2.25 bits per heavy atom. The summed E-state index contributed by atoms with van der Waals surface area (Å²) in [5.74, 6) is 0.233. The van der Waals surface area contributed by atoms with E-state index in [0.29, 0.717) is 34.3 Å². The molecule has 1 aliphatic carbocycles. The molecule has 1 fully saturated rings. The van der Waals surface area contributed by atoms with Crippen molar-refractivity contribution in [3.63, 3.8) is 0 Å². The third kappa shape index (κ3) is 6.34. The van der Waals surface area contributed by atoms with Gasteiger partial charge < -0.3 is 24.3 Å². The molecule has 2 aromatic carbocycles. The van der Waals surface area contributed by atoms with Crippen LogP contribution in [-0.4, -0.2) is 72.5 Å². The Hall–Kier alpha value is -5.18. The van der Waals surface area contributed by atoms with Gasteiger partial charge in [-0.3, -0.25) is 4.79 Å². The van der Waals surface area contributed by atoms with Gasteiger partial charge in [0, 0.05) is 23.6 Å². The second-order valence-electron chi connectivity index (χ2n) is 14.5. The van der Waals surface area contributed by atoms with E-state index in [0.717, 1.165) is 15.1 Å². The summed E-state index contributed by atoms with van der Waals surface area (Å²) in [6, 6.07) is 11.9. The Kier molecular flexibility index (Phi) is 8.56. The van der Waals surface area contributed by atoms with Gasteiger partial charge in [0.1, 0.15) is 17.0 Å². The predicted molar refractivity (Wildman–Crippen MR) is 189 cm³/mol. The van der Waals surface area contributed by atoms with E-state index in [-0.39, 0.29) is 34.0 Å². The lowest BCUT2D eigenvalue weighted by molar-refractivity contribution is -0.120. The zero-order valence-electron chi connectivity index (χ0n) is 30.0. The van der Waals surface area contributed by atoms with E-state index >= 15 is 0 Å². The number of methoxy groups -OCH3 is 2. The van der Waals surface area contributed by atoms with Crippen LogP contribution in [0.3, 0.4) is 0 Å². The van der Waals surface area contributed by atoms with Crippen LogP contribution < -0.4 is 19.7 Å². The van der Waals surface area contributed by atoms with Crippen LogP contribution in [0.1, 0.15) is 71.9 Å². The number of amides is 2. The maximum absolute atomic E-state index is 14.3. The lowest BCUT2D eigenvalue weighted by Crippen LogP contribution is -2.41. The molecule has 270 valence electrons.